The van der Waals surface area contributed by atoms with Crippen LogP contribution >= 0.6 is 0 Å². The quantitative estimate of drug-likeness (QED) is 0.615. The Morgan fingerprint density at radius 3 is 2.10 bits per heavy atom. The van der Waals surface area contributed by atoms with Crippen LogP contribution in [0.3, 0.4) is 0 Å². The molecule has 1 aliphatic carbocycles. The van der Waals surface area contributed by atoms with Gasteiger partial charge in [0.2, 0.25) is 5.91 Å². The maximum atomic E-state index is 14.0. The van der Waals surface area contributed by atoms with Gasteiger partial charge in [0.1, 0.15) is 11.2 Å². The molecule has 2 amide bonds. The van der Waals surface area contributed by atoms with E-state index in [0.717, 1.165) is 5.56 Å². The molecule has 0 fully saturated rings. The first kappa shape index (κ1) is 19.0. The van der Waals surface area contributed by atoms with Gasteiger partial charge in [-0.2, -0.15) is 0 Å². The first-order valence-electron chi connectivity index (χ1n) is 9.98. The summed E-state index contributed by atoms with van der Waals surface area (Å²) >= 11 is 0. The van der Waals surface area contributed by atoms with Crippen molar-refractivity contribution in [3.05, 3.63) is 113 Å². The molecule has 0 saturated heterocycles. The van der Waals surface area contributed by atoms with Crippen molar-refractivity contribution in [1.29, 1.82) is 0 Å². The summed E-state index contributed by atoms with van der Waals surface area (Å²) < 4.78 is 5.20. The molecule has 1 heterocycles. The minimum absolute atomic E-state index is 0.127. The largest absolute Gasteiger partial charge is 0.497 e. The molecule has 152 valence electrons. The van der Waals surface area contributed by atoms with Crippen LogP contribution in [0.4, 0.5) is 0 Å². The summed E-state index contributed by atoms with van der Waals surface area (Å²) in [6, 6.07) is 21.5. The number of rotatable bonds is 3. The Balaban J connectivity index is 1.69. The Bertz CT molecular complexity index is 1260. The van der Waals surface area contributed by atoms with Crippen molar-refractivity contribution in [2.24, 2.45) is 0 Å². The van der Waals surface area contributed by atoms with Crippen LogP contribution < -0.4 is 4.74 Å². The van der Waals surface area contributed by atoms with E-state index in [4.69, 9.17) is 4.74 Å². The fourth-order valence-electron chi connectivity index (χ4n) is 4.48. The van der Waals surface area contributed by atoms with Crippen molar-refractivity contribution in [3.63, 3.8) is 0 Å². The SMILES string of the molecule is COc1ccc(CN2C(=O)c3ccccc3C3(C=CC(=O)c4ccccc43)C2=O)cc1. The number of allylic oxidation sites excluding steroid dienone is 1. The summed E-state index contributed by atoms with van der Waals surface area (Å²) in [6.45, 7) is 0.127. The number of nitrogens with zero attached hydrogens (tertiary/aromatic N) is 1. The molecule has 3 aromatic rings. The number of fused-ring (bicyclic) bond motifs is 4. The Hall–Kier alpha value is -3.99. The second-order valence-electron chi connectivity index (χ2n) is 7.64. The van der Waals surface area contributed by atoms with Crippen LogP contribution in [0, 0.1) is 0 Å². The third-order valence-corrected chi connectivity index (χ3v) is 6.01. The molecule has 1 atom stereocenters. The third kappa shape index (κ3) is 2.74. The number of hydrogen-bond donors (Lipinski definition) is 0. The Morgan fingerprint density at radius 1 is 0.806 bits per heavy atom. The molecule has 0 radical (unpaired) electrons. The smallest absolute Gasteiger partial charge is 0.261 e. The highest BCUT2D eigenvalue weighted by Gasteiger charge is 2.52. The average Bonchev–Trinajstić information content (AvgIpc) is 2.82. The van der Waals surface area contributed by atoms with Gasteiger partial charge in [-0.3, -0.25) is 19.3 Å². The highest BCUT2D eigenvalue weighted by Crippen LogP contribution is 2.45. The molecule has 5 nitrogen and oxygen atoms in total. The molecule has 1 unspecified atom stereocenters. The number of carbonyl (C=O) groups excluding carboxylic acids is 3. The molecule has 1 spiro atoms. The van der Waals surface area contributed by atoms with E-state index in [0.29, 0.717) is 28.0 Å². The van der Waals surface area contributed by atoms with E-state index >= 15 is 0 Å². The molecule has 3 aromatic carbocycles. The molecule has 0 bridgehead atoms. The summed E-state index contributed by atoms with van der Waals surface area (Å²) in [4.78, 5) is 41.2. The second-order valence-corrected chi connectivity index (χ2v) is 7.64. The lowest BCUT2D eigenvalue weighted by atomic mass is 9.65. The van der Waals surface area contributed by atoms with Crippen molar-refractivity contribution >= 4 is 17.6 Å². The number of hydrogen-bond acceptors (Lipinski definition) is 4. The molecular formula is C26H19NO4. The highest BCUT2D eigenvalue weighted by atomic mass is 16.5. The molecule has 0 N–H and O–H groups in total. The zero-order valence-corrected chi connectivity index (χ0v) is 16.9. The molecular weight excluding hydrogens is 390 g/mol. The predicted octanol–water partition coefficient (Wildman–Crippen LogP) is 3.92. The van der Waals surface area contributed by atoms with Crippen LogP contribution in [0.15, 0.2) is 84.9 Å². The van der Waals surface area contributed by atoms with Crippen molar-refractivity contribution in [3.8, 4) is 5.75 Å². The number of imide groups is 1. The molecule has 1 aliphatic heterocycles. The van der Waals surface area contributed by atoms with E-state index in [2.05, 4.69) is 0 Å². The minimum Gasteiger partial charge on any atom is -0.497 e. The van der Waals surface area contributed by atoms with Gasteiger partial charge in [0.15, 0.2) is 5.78 Å². The lowest BCUT2D eigenvalue weighted by Crippen LogP contribution is -2.54. The summed E-state index contributed by atoms with van der Waals surface area (Å²) in [5.41, 5.74) is 1.73. The van der Waals surface area contributed by atoms with Crippen molar-refractivity contribution in [2.75, 3.05) is 7.11 Å². The predicted molar refractivity (Wildman–Crippen MR) is 115 cm³/mol. The first-order valence-corrected chi connectivity index (χ1v) is 9.98. The van der Waals surface area contributed by atoms with E-state index in [-0.39, 0.29) is 24.1 Å². The zero-order valence-electron chi connectivity index (χ0n) is 16.9. The molecule has 2 aliphatic rings. The van der Waals surface area contributed by atoms with Gasteiger partial charge in [-0.15, -0.1) is 0 Å². The third-order valence-electron chi connectivity index (χ3n) is 6.01. The van der Waals surface area contributed by atoms with Gasteiger partial charge in [0.25, 0.3) is 5.91 Å². The summed E-state index contributed by atoms with van der Waals surface area (Å²) in [5, 5.41) is 0. The molecule has 5 heteroatoms. The first-order chi connectivity index (χ1) is 15.1. The molecule has 31 heavy (non-hydrogen) atoms. The van der Waals surface area contributed by atoms with E-state index in [1.54, 1.807) is 61.7 Å². The maximum absolute atomic E-state index is 14.0. The van der Waals surface area contributed by atoms with Crippen molar-refractivity contribution in [1.82, 2.24) is 4.90 Å². The van der Waals surface area contributed by atoms with Gasteiger partial charge >= 0.3 is 0 Å². The number of carbonyl (C=O) groups is 3. The summed E-state index contributed by atoms with van der Waals surface area (Å²) in [5.74, 6) is -0.150. The van der Waals surface area contributed by atoms with Gasteiger partial charge in [0.05, 0.1) is 13.7 Å². The van der Waals surface area contributed by atoms with Gasteiger partial charge in [0, 0.05) is 11.1 Å². The fraction of sp³-hybridized carbons (Fsp3) is 0.115. The van der Waals surface area contributed by atoms with E-state index in [1.165, 1.54) is 11.0 Å². The monoisotopic (exact) mass is 409 g/mol. The standard InChI is InChI=1S/C26H19NO4/c1-31-18-12-10-17(11-13-18)16-27-24(29)20-7-3-5-9-22(20)26(25(27)30)15-14-23(28)19-6-2-4-8-21(19)26/h2-15H,16H2,1H3. The Labute approximate surface area is 179 Å². The lowest BCUT2D eigenvalue weighted by Gasteiger charge is -2.42. The molecule has 0 saturated carbocycles. The van der Waals surface area contributed by atoms with Crippen LogP contribution in [0.2, 0.25) is 0 Å². The van der Waals surface area contributed by atoms with Gasteiger partial charge < -0.3 is 4.74 Å². The zero-order chi connectivity index (χ0) is 21.6. The molecule has 5 rings (SSSR count). The van der Waals surface area contributed by atoms with Gasteiger partial charge in [-0.25, -0.2) is 0 Å². The Kier molecular flexibility index (Phi) is 4.33. The number of ether oxygens (including phenoxy) is 1. The van der Waals surface area contributed by atoms with Crippen LogP contribution in [0.5, 0.6) is 5.75 Å². The summed E-state index contributed by atoms with van der Waals surface area (Å²) in [6.07, 6.45) is 3.09. The van der Waals surface area contributed by atoms with Crippen LogP contribution in [-0.2, 0) is 16.8 Å². The van der Waals surface area contributed by atoms with E-state index in [9.17, 15) is 14.4 Å². The normalized spacial score (nSPS) is 19.4. The highest BCUT2D eigenvalue weighted by molar-refractivity contribution is 6.19. The average molecular weight is 409 g/mol. The van der Waals surface area contributed by atoms with Gasteiger partial charge in [-0.05, 0) is 41.0 Å². The van der Waals surface area contributed by atoms with Crippen molar-refractivity contribution in [2.45, 2.75) is 12.0 Å². The van der Waals surface area contributed by atoms with Crippen molar-refractivity contribution < 1.29 is 19.1 Å². The van der Waals surface area contributed by atoms with E-state index < -0.39 is 5.41 Å². The Morgan fingerprint density at radius 2 is 1.42 bits per heavy atom. The van der Waals surface area contributed by atoms with Crippen LogP contribution in [-0.4, -0.2) is 29.6 Å². The fourth-order valence-corrected chi connectivity index (χ4v) is 4.48. The van der Waals surface area contributed by atoms with Crippen LogP contribution in [0.1, 0.15) is 37.4 Å². The number of amides is 2. The summed E-state index contributed by atoms with van der Waals surface area (Å²) in [7, 11) is 1.58. The lowest BCUT2D eigenvalue weighted by molar-refractivity contribution is -0.132. The topological polar surface area (TPSA) is 63.7 Å². The van der Waals surface area contributed by atoms with Crippen LogP contribution in [0.25, 0.3) is 0 Å². The number of methoxy groups -OCH3 is 1. The number of benzene rings is 3. The second kappa shape index (κ2) is 7.06. The minimum atomic E-state index is -1.22. The van der Waals surface area contributed by atoms with Gasteiger partial charge in [-0.1, -0.05) is 60.7 Å². The number of ketones is 1. The molecule has 0 aromatic heterocycles. The maximum Gasteiger partial charge on any atom is 0.261 e. The van der Waals surface area contributed by atoms with E-state index in [1.807, 2.05) is 24.3 Å².